The van der Waals surface area contributed by atoms with Gasteiger partial charge in [-0.2, -0.15) is 0 Å². The minimum atomic E-state index is -0.341. The van der Waals surface area contributed by atoms with Crippen LogP contribution in [0, 0.1) is 12.7 Å². The third-order valence-corrected chi connectivity index (χ3v) is 5.01. The Morgan fingerprint density at radius 3 is 2.70 bits per heavy atom. The quantitative estimate of drug-likeness (QED) is 0.578. The van der Waals surface area contributed by atoms with Crippen molar-refractivity contribution in [1.29, 1.82) is 0 Å². The van der Waals surface area contributed by atoms with Gasteiger partial charge in [-0.1, -0.05) is 6.42 Å². The van der Waals surface area contributed by atoms with Crippen molar-refractivity contribution in [2.24, 2.45) is 0 Å². The van der Waals surface area contributed by atoms with E-state index >= 15 is 0 Å². The van der Waals surface area contributed by atoms with E-state index in [0.717, 1.165) is 23.3 Å². The van der Waals surface area contributed by atoms with Gasteiger partial charge in [0.25, 0.3) is 0 Å². The number of hydrogen-bond donors (Lipinski definition) is 0. The fourth-order valence-electron chi connectivity index (χ4n) is 2.79. The summed E-state index contributed by atoms with van der Waals surface area (Å²) in [5.74, 6) is -0.392. The Morgan fingerprint density at radius 1 is 1.10 bits per heavy atom. The Hall–Kier alpha value is -1.48. The highest BCUT2D eigenvalue weighted by molar-refractivity contribution is 7.14. The van der Waals surface area contributed by atoms with Crippen LogP contribution < -0.4 is 0 Å². The third-order valence-electron chi connectivity index (χ3n) is 3.77. The second-order valence-electron chi connectivity index (χ2n) is 5.47. The maximum absolute atomic E-state index is 13.4. The molecule has 2 aromatic rings. The van der Waals surface area contributed by atoms with Crippen molar-refractivity contribution in [1.82, 2.24) is 0 Å². The maximum atomic E-state index is 13.4. The molecule has 0 aliphatic heterocycles. The molecule has 104 valence electrons. The standard InChI is InChI=1S/C17H17FOS/c1-11-7-13(9-14(18)8-11)17(19)16-10-12-5-3-2-4-6-15(12)20-16/h7-10H,2-6H2,1H3. The Morgan fingerprint density at radius 2 is 1.90 bits per heavy atom. The molecule has 0 saturated carbocycles. The highest BCUT2D eigenvalue weighted by atomic mass is 32.1. The number of hydrogen-bond acceptors (Lipinski definition) is 2. The molecule has 1 aromatic carbocycles. The van der Waals surface area contributed by atoms with Crippen molar-refractivity contribution in [2.75, 3.05) is 0 Å². The second kappa shape index (κ2) is 5.49. The lowest BCUT2D eigenvalue weighted by atomic mass is 10.1. The third kappa shape index (κ3) is 2.68. The fourth-order valence-corrected chi connectivity index (χ4v) is 4.00. The van der Waals surface area contributed by atoms with Gasteiger partial charge in [0.1, 0.15) is 5.82 Å². The summed E-state index contributed by atoms with van der Waals surface area (Å²) < 4.78 is 13.4. The number of carbonyl (C=O) groups is 1. The van der Waals surface area contributed by atoms with Crippen molar-refractivity contribution >= 4 is 17.1 Å². The molecule has 0 unspecified atom stereocenters. The number of carbonyl (C=O) groups excluding carboxylic acids is 1. The van der Waals surface area contributed by atoms with Gasteiger partial charge in [-0.25, -0.2) is 4.39 Å². The highest BCUT2D eigenvalue weighted by Crippen LogP contribution is 2.30. The predicted octanol–water partition coefficient (Wildman–Crippen LogP) is 4.70. The molecule has 0 spiro atoms. The highest BCUT2D eigenvalue weighted by Gasteiger charge is 2.18. The Kier molecular flexibility index (Phi) is 3.70. The molecule has 0 atom stereocenters. The van der Waals surface area contributed by atoms with Gasteiger partial charge < -0.3 is 0 Å². The summed E-state index contributed by atoms with van der Waals surface area (Å²) in [4.78, 5) is 14.6. The molecule has 0 radical (unpaired) electrons. The minimum absolute atomic E-state index is 0.0503. The molecule has 0 bridgehead atoms. The van der Waals surface area contributed by atoms with E-state index in [1.165, 1.54) is 41.8 Å². The summed E-state index contributed by atoms with van der Waals surface area (Å²) in [6.45, 7) is 1.81. The van der Waals surface area contributed by atoms with Crippen molar-refractivity contribution < 1.29 is 9.18 Å². The van der Waals surface area contributed by atoms with Crippen LogP contribution >= 0.6 is 11.3 Å². The zero-order valence-electron chi connectivity index (χ0n) is 11.5. The number of rotatable bonds is 2. The number of thiophene rings is 1. The lowest BCUT2D eigenvalue weighted by Gasteiger charge is -2.01. The van der Waals surface area contributed by atoms with Gasteiger partial charge in [-0.3, -0.25) is 4.79 Å². The first kappa shape index (κ1) is 13.5. The van der Waals surface area contributed by atoms with Gasteiger partial charge in [0.2, 0.25) is 5.78 Å². The summed E-state index contributed by atoms with van der Waals surface area (Å²) in [6.07, 6.45) is 5.83. The van der Waals surface area contributed by atoms with Crippen LogP contribution in [-0.4, -0.2) is 5.78 Å². The molecule has 1 aliphatic carbocycles. The maximum Gasteiger partial charge on any atom is 0.203 e. The lowest BCUT2D eigenvalue weighted by Crippen LogP contribution is -2.00. The smallest absolute Gasteiger partial charge is 0.203 e. The predicted molar refractivity (Wildman–Crippen MR) is 80.1 cm³/mol. The van der Waals surface area contributed by atoms with Crippen LogP contribution in [0.25, 0.3) is 0 Å². The van der Waals surface area contributed by atoms with Crippen molar-refractivity contribution in [2.45, 2.75) is 39.0 Å². The van der Waals surface area contributed by atoms with Crippen molar-refractivity contribution in [3.8, 4) is 0 Å². The topological polar surface area (TPSA) is 17.1 Å². The van der Waals surface area contributed by atoms with E-state index in [9.17, 15) is 9.18 Å². The molecular formula is C17H17FOS. The molecule has 1 aliphatic rings. The van der Waals surface area contributed by atoms with Crippen molar-refractivity contribution in [3.05, 3.63) is 56.5 Å². The van der Waals surface area contributed by atoms with Crippen LogP contribution in [0.5, 0.6) is 0 Å². The first-order valence-electron chi connectivity index (χ1n) is 7.07. The molecule has 1 nitrogen and oxygen atoms in total. The zero-order chi connectivity index (χ0) is 14.1. The SMILES string of the molecule is Cc1cc(F)cc(C(=O)c2cc3c(s2)CCCCC3)c1. The van der Waals surface area contributed by atoms with Gasteiger partial charge >= 0.3 is 0 Å². The van der Waals surface area contributed by atoms with Gasteiger partial charge in [0.05, 0.1) is 4.88 Å². The molecule has 0 amide bonds. The average molecular weight is 288 g/mol. The van der Waals surface area contributed by atoms with Crippen LogP contribution in [-0.2, 0) is 12.8 Å². The summed E-state index contributed by atoms with van der Waals surface area (Å²) in [5.41, 5.74) is 2.56. The Balaban J connectivity index is 1.94. The monoisotopic (exact) mass is 288 g/mol. The number of ketones is 1. The van der Waals surface area contributed by atoms with Crippen LogP contribution in [0.15, 0.2) is 24.3 Å². The molecular weight excluding hydrogens is 271 g/mol. The van der Waals surface area contributed by atoms with E-state index in [0.29, 0.717) is 5.56 Å². The molecule has 1 aromatic heterocycles. The fraction of sp³-hybridized carbons (Fsp3) is 0.353. The number of benzene rings is 1. The molecule has 0 N–H and O–H groups in total. The Bertz CT molecular complexity index is 613. The lowest BCUT2D eigenvalue weighted by molar-refractivity contribution is 0.104. The second-order valence-corrected chi connectivity index (χ2v) is 6.60. The van der Waals surface area contributed by atoms with Crippen molar-refractivity contribution in [3.63, 3.8) is 0 Å². The molecule has 20 heavy (non-hydrogen) atoms. The summed E-state index contributed by atoms with van der Waals surface area (Å²) >= 11 is 1.59. The first-order valence-corrected chi connectivity index (χ1v) is 7.88. The number of halogens is 1. The summed E-state index contributed by atoms with van der Waals surface area (Å²) in [6, 6.07) is 6.56. The molecule has 3 heteroatoms. The van der Waals surface area contributed by atoms with E-state index in [4.69, 9.17) is 0 Å². The zero-order valence-corrected chi connectivity index (χ0v) is 12.4. The molecule has 0 fully saturated rings. The first-order chi connectivity index (χ1) is 9.63. The van der Waals surface area contributed by atoms with Crippen LogP contribution in [0.4, 0.5) is 4.39 Å². The summed E-state index contributed by atoms with van der Waals surface area (Å²) in [7, 11) is 0. The largest absolute Gasteiger partial charge is 0.288 e. The van der Waals surface area contributed by atoms with Crippen LogP contribution in [0.3, 0.4) is 0 Å². The van der Waals surface area contributed by atoms with E-state index < -0.39 is 0 Å². The van der Waals surface area contributed by atoms with Crippen LogP contribution in [0.2, 0.25) is 0 Å². The van der Waals surface area contributed by atoms with E-state index in [1.54, 1.807) is 17.4 Å². The van der Waals surface area contributed by atoms with Gasteiger partial charge in [-0.05, 0) is 68.0 Å². The average Bonchev–Trinajstić information content (AvgIpc) is 2.68. The normalized spacial score (nSPS) is 14.7. The van der Waals surface area contributed by atoms with E-state index in [1.807, 2.05) is 13.0 Å². The molecule has 1 heterocycles. The van der Waals surface area contributed by atoms with Gasteiger partial charge in [0.15, 0.2) is 0 Å². The molecule has 3 rings (SSSR count). The number of aryl methyl sites for hydroxylation is 3. The van der Waals surface area contributed by atoms with Gasteiger partial charge in [0, 0.05) is 10.4 Å². The Labute approximate surface area is 122 Å². The van der Waals surface area contributed by atoms with E-state index in [-0.39, 0.29) is 11.6 Å². The van der Waals surface area contributed by atoms with Gasteiger partial charge in [-0.15, -0.1) is 11.3 Å². The summed E-state index contributed by atoms with van der Waals surface area (Å²) in [5, 5.41) is 0. The van der Waals surface area contributed by atoms with Crippen LogP contribution in [0.1, 0.15) is 50.5 Å². The van der Waals surface area contributed by atoms with E-state index in [2.05, 4.69) is 0 Å². The minimum Gasteiger partial charge on any atom is -0.288 e. The number of fused-ring (bicyclic) bond motifs is 1. The molecule has 0 saturated heterocycles.